The number of carboxylic acid groups (broad SMARTS) is 2. The Kier molecular flexibility index (Phi) is 6.37. The van der Waals surface area contributed by atoms with Gasteiger partial charge in [0, 0.05) is 12.3 Å². The zero-order valence-electron chi connectivity index (χ0n) is 9.60. The van der Waals surface area contributed by atoms with E-state index in [-0.39, 0.29) is 24.5 Å². The van der Waals surface area contributed by atoms with Crippen LogP contribution >= 0.6 is 0 Å². The first-order valence-electron chi connectivity index (χ1n) is 5.42. The molecule has 92 valence electrons. The Balaban J connectivity index is 4.58. The summed E-state index contributed by atoms with van der Waals surface area (Å²) in [4.78, 5) is 33.0. The van der Waals surface area contributed by atoms with Crippen molar-refractivity contribution in [3.8, 4) is 0 Å². The second kappa shape index (κ2) is 6.98. The summed E-state index contributed by atoms with van der Waals surface area (Å²) >= 11 is 0. The Bertz CT molecular complexity index is 268. The molecule has 0 amide bonds. The molecule has 0 aromatic carbocycles. The molecule has 0 fully saturated rings. The topological polar surface area (TPSA) is 91.7 Å². The number of carbonyl (C=O) groups is 3. The van der Waals surface area contributed by atoms with Crippen LogP contribution in [0.1, 0.15) is 39.5 Å². The summed E-state index contributed by atoms with van der Waals surface area (Å²) in [5.74, 6) is -4.11. The van der Waals surface area contributed by atoms with Crippen LogP contribution in [0.3, 0.4) is 0 Å². The molecule has 2 N–H and O–H groups in total. The third kappa shape index (κ3) is 4.42. The molecule has 0 saturated heterocycles. The van der Waals surface area contributed by atoms with Gasteiger partial charge in [0.2, 0.25) is 0 Å². The van der Waals surface area contributed by atoms with Gasteiger partial charge in [0.15, 0.2) is 0 Å². The van der Waals surface area contributed by atoms with Gasteiger partial charge in [0.25, 0.3) is 0 Å². The SMILES string of the molecule is CCC(CC)C(=O)C(CCC(=O)O)C(=O)O. The van der Waals surface area contributed by atoms with E-state index in [4.69, 9.17) is 10.2 Å². The highest BCUT2D eigenvalue weighted by Gasteiger charge is 2.30. The first-order chi connectivity index (χ1) is 7.43. The van der Waals surface area contributed by atoms with Crippen molar-refractivity contribution < 1.29 is 24.6 Å². The third-order valence-corrected chi connectivity index (χ3v) is 2.68. The van der Waals surface area contributed by atoms with Gasteiger partial charge in [-0.15, -0.1) is 0 Å². The predicted octanol–water partition coefficient (Wildman–Crippen LogP) is 1.56. The third-order valence-electron chi connectivity index (χ3n) is 2.68. The molecule has 0 aromatic heterocycles. The van der Waals surface area contributed by atoms with Crippen LogP contribution in [-0.4, -0.2) is 27.9 Å². The second-order valence-corrected chi connectivity index (χ2v) is 3.74. The Labute approximate surface area is 94.5 Å². The van der Waals surface area contributed by atoms with Gasteiger partial charge in [-0.25, -0.2) is 0 Å². The number of carboxylic acids is 2. The van der Waals surface area contributed by atoms with Crippen LogP contribution in [0.5, 0.6) is 0 Å². The molecule has 5 heteroatoms. The maximum atomic E-state index is 11.8. The number of carbonyl (C=O) groups excluding carboxylic acids is 1. The highest BCUT2D eigenvalue weighted by molar-refractivity contribution is 5.99. The van der Waals surface area contributed by atoms with E-state index in [2.05, 4.69) is 0 Å². The molecule has 5 nitrogen and oxygen atoms in total. The van der Waals surface area contributed by atoms with Crippen molar-refractivity contribution in [2.75, 3.05) is 0 Å². The summed E-state index contributed by atoms with van der Waals surface area (Å²) in [6.45, 7) is 3.64. The van der Waals surface area contributed by atoms with Crippen LogP contribution in [-0.2, 0) is 14.4 Å². The lowest BCUT2D eigenvalue weighted by Gasteiger charge is -2.16. The normalized spacial score (nSPS) is 12.4. The van der Waals surface area contributed by atoms with Gasteiger partial charge in [-0.05, 0) is 19.3 Å². The molecule has 1 atom stereocenters. The molecule has 0 heterocycles. The van der Waals surface area contributed by atoms with E-state index in [9.17, 15) is 14.4 Å². The predicted molar refractivity (Wildman–Crippen MR) is 57.1 cm³/mol. The smallest absolute Gasteiger partial charge is 0.314 e. The first-order valence-corrected chi connectivity index (χ1v) is 5.42. The number of ketones is 1. The van der Waals surface area contributed by atoms with Gasteiger partial charge in [-0.1, -0.05) is 13.8 Å². The van der Waals surface area contributed by atoms with Crippen molar-refractivity contribution in [3.63, 3.8) is 0 Å². The van der Waals surface area contributed by atoms with Crippen LogP contribution in [0, 0.1) is 11.8 Å². The zero-order valence-corrected chi connectivity index (χ0v) is 9.60. The fourth-order valence-corrected chi connectivity index (χ4v) is 1.63. The fraction of sp³-hybridized carbons (Fsp3) is 0.727. The first kappa shape index (κ1) is 14.6. The average Bonchev–Trinajstić information content (AvgIpc) is 2.18. The number of aliphatic carboxylic acids is 2. The number of hydrogen-bond acceptors (Lipinski definition) is 3. The lowest BCUT2D eigenvalue weighted by molar-refractivity contribution is -0.148. The van der Waals surface area contributed by atoms with Crippen molar-refractivity contribution >= 4 is 17.7 Å². The van der Waals surface area contributed by atoms with Crippen LogP contribution < -0.4 is 0 Å². The highest BCUT2D eigenvalue weighted by Crippen LogP contribution is 2.19. The Morgan fingerprint density at radius 1 is 1.06 bits per heavy atom. The van der Waals surface area contributed by atoms with E-state index in [0.717, 1.165) is 0 Å². The molecule has 0 saturated carbocycles. The molecular formula is C11H18O5. The Hall–Kier alpha value is -1.39. The van der Waals surface area contributed by atoms with Crippen LogP contribution in [0.4, 0.5) is 0 Å². The molecule has 0 aromatic rings. The van der Waals surface area contributed by atoms with Gasteiger partial charge >= 0.3 is 11.9 Å². The highest BCUT2D eigenvalue weighted by atomic mass is 16.4. The van der Waals surface area contributed by atoms with Crippen LogP contribution in [0.2, 0.25) is 0 Å². The standard InChI is InChI=1S/C11H18O5/c1-3-7(4-2)10(14)8(11(15)16)5-6-9(12)13/h7-8H,3-6H2,1-2H3,(H,12,13)(H,15,16). The summed E-state index contributed by atoms with van der Waals surface area (Å²) < 4.78 is 0. The summed E-state index contributed by atoms with van der Waals surface area (Å²) in [5, 5.41) is 17.4. The van der Waals surface area contributed by atoms with Gasteiger partial charge in [-0.3, -0.25) is 14.4 Å². The molecule has 0 aliphatic rings. The molecule has 0 bridgehead atoms. The monoisotopic (exact) mass is 230 g/mol. The summed E-state index contributed by atoms with van der Waals surface area (Å²) in [7, 11) is 0. The number of hydrogen-bond donors (Lipinski definition) is 2. The van der Waals surface area contributed by atoms with Gasteiger partial charge < -0.3 is 10.2 Å². The summed E-state index contributed by atoms with van der Waals surface area (Å²) in [6.07, 6.45) is 0.765. The fourth-order valence-electron chi connectivity index (χ4n) is 1.63. The summed E-state index contributed by atoms with van der Waals surface area (Å²) in [5.41, 5.74) is 0. The van der Waals surface area contributed by atoms with E-state index >= 15 is 0 Å². The quantitative estimate of drug-likeness (QED) is 0.617. The van der Waals surface area contributed by atoms with Crippen LogP contribution in [0.15, 0.2) is 0 Å². The minimum atomic E-state index is -1.22. The maximum absolute atomic E-state index is 11.8. The van der Waals surface area contributed by atoms with Crippen molar-refractivity contribution in [2.45, 2.75) is 39.5 Å². The van der Waals surface area contributed by atoms with E-state index in [1.165, 1.54) is 0 Å². The maximum Gasteiger partial charge on any atom is 0.314 e. The van der Waals surface area contributed by atoms with E-state index in [0.29, 0.717) is 12.8 Å². The average molecular weight is 230 g/mol. The zero-order chi connectivity index (χ0) is 12.7. The van der Waals surface area contributed by atoms with Crippen molar-refractivity contribution in [2.24, 2.45) is 11.8 Å². The molecule has 0 aliphatic carbocycles. The number of Topliss-reactive ketones (excluding diaryl/α,β-unsaturated/α-hetero) is 1. The molecule has 0 aliphatic heterocycles. The van der Waals surface area contributed by atoms with Crippen molar-refractivity contribution in [1.29, 1.82) is 0 Å². The largest absolute Gasteiger partial charge is 0.481 e. The molecular weight excluding hydrogens is 212 g/mol. The minimum Gasteiger partial charge on any atom is -0.481 e. The minimum absolute atomic E-state index is 0.125. The molecule has 0 radical (unpaired) electrons. The second-order valence-electron chi connectivity index (χ2n) is 3.74. The van der Waals surface area contributed by atoms with Crippen molar-refractivity contribution in [1.82, 2.24) is 0 Å². The van der Waals surface area contributed by atoms with E-state index in [1.54, 1.807) is 0 Å². The van der Waals surface area contributed by atoms with Gasteiger partial charge in [0.1, 0.15) is 11.7 Å². The van der Waals surface area contributed by atoms with Gasteiger partial charge in [-0.2, -0.15) is 0 Å². The van der Waals surface area contributed by atoms with Gasteiger partial charge in [0.05, 0.1) is 0 Å². The van der Waals surface area contributed by atoms with Crippen molar-refractivity contribution in [3.05, 3.63) is 0 Å². The summed E-state index contributed by atoms with van der Waals surface area (Å²) in [6, 6.07) is 0. The van der Waals surface area contributed by atoms with Crippen LogP contribution in [0.25, 0.3) is 0 Å². The Morgan fingerprint density at radius 2 is 1.56 bits per heavy atom. The lowest BCUT2D eigenvalue weighted by Crippen LogP contribution is -2.30. The molecule has 0 spiro atoms. The molecule has 16 heavy (non-hydrogen) atoms. The Morgan fingerprint density at radius 3 is 1.88 bits per heavy atom. The van der Waals surface area contributed by atoms with E-state index in [1.807, 2.05) is 13.8 Å². The lowest BCUT2D eigenvalue weighted by atomic mass is 9.86. The van der Waals surface area contributed by atoms with E-state index < -0.39 is 17.9 Å². The molecule has 0 rings (SSSR count). The molecule has 1 unspecified atom stereocenters. The number of rotatable bonds is 8.